The molecular weight excluding hydrogens is 1430 g/mol. The average molecular weight is 1490 g/mol. The summed E-state index contributed by atoms with van der Waals surface area (Å²) in [5.41, 5.74) is 1.33. The highest BCUT2D eigenvalue weighted by molar-refractivity contribution is 8.00. The number of nitrogens with zero attached hydrogens (tertiary/aromatic N) is 3. The Hall–Kier alpha value is -13.2. The van der Waals surface area contributed by atoms with Crippen LogP contribution in [0.1, 0.15) is 0 Å². The van der Waals surface area contributed by atoms with Gasteiger partial charge in [0.25, 0.3) is 16.7 Å². The lowest BCUT2D eigenvalue weighted by Crippen LogP contribution is -2.21. The molecular formula is C83H60FN3O17S3. The summed E-state index contributed by atoms with van der Waals surface area (Å²) in [5, 5.41) is 33.1. The van der Waals surface area contributed by atoms with E-state index in [1.165, 1.54) is 46.1 Å². The van der Waals surface area contributed by atoms with Gasteiger partial charge in [0, 0.05) is 45.1 Å². The zero-order valence-corrected chi connectivity index (χ0v) is 59.7. The molecule has 24 heteroatoms. The molecule has 107 heavy (non-hydrogen) atoms. The Kier molecular flexibility index (Phi) is 21.5. The number of benzene rings is 9. The fourth-order valence-electron chi connectivity index (χ4n) is 11.7. The smallest absolute Gasteiger partial charge is 0.354 e. The minimum atomic E-state index is -0.829. The molecule has 15 rings (SSSR count). The van der Waals surface area contributed by atoms with E-state index in [0.29, 0.717) is 83.1 Å². The number of hydrogen-bond donors (Lipinski definition) is 3. The lowest BCUT2D eigenvalue weighted by atomic mass is 10.1. The zero-order valence-electron chi connectivity index (χ0n) is 57.3. The van der Waals surface area contributed by atoms with Crippen molar-refractivity contribution < 1.29 is 56.6 Å². The van der Waals surface area contributed by atoms with Gasteiger partial charge in [0.15, 0.2) is 17.2 Å². The summed E-state index contributed by atoms with van der Waals surface area (Å²) >= 11 is 2.80. The second-order valence-corrected chi connectivity index (χ2v) is 26.4. The topological polar surface area (TPSA) is 263 Å². The highest BCUT2D eigenvalue weighted by Gasteiger charge is 2.27. The first kappa shape index (κ1) is 72.2. The maximum Gasteiger partial charge on any atom is 0.354 e. The summed E-state index contributed by atoms with van der Waals surface area (Å²) in [4.78, 5) is 81.4. The van der Waals surface area contributed by atoms with Crippen molar-refractivity contribution in [2.75, 3.05) is 35.5 Å². The summed E-state index contributed by atoms with van der Waals surface area (Å²) in [7, 11) is 7.73. The van der Waals surface area contributed by atoms with Crippen molar-refractivity contribution in [2.45, 2.75) is 29.4 Å². The van der Waals surface area contributed by atoms with Gasteiger partial charge >= 0.3 is 16.9 Å². The van der Waals surface area contributed by atoms with Gasteiger partial charge in [-0.2, -0.15) is 0 Å². The third-order valence-electron chi connectivity index (χ3n) is 16.8. The third-order valence-corrected chi connectivity index (χ3v) is 20.0. The lowest BCUT2D eigenvalue weighted by Gasteiger charge is -2.16. The normalized spacial score (nSPS) is 11.0. The number of para-hydroxylation sites is 1. The lowest BCUT2D eigenvalue weighted by molar-refractivity contribution is 0.404. The first-order valence-electron chi connectivity index (χ1n) is 32.5. The van der Waals surface area contributed by atoms with E-state index >= 15 is 0 Å². The van der Waals surface area contributed by atoms with Crippen LogP contribution in [0.15, 0.2) is 326 Å². The van der Waals surface area contributed by atoms with Gasteiger partial charge < -0.3 is 52.3 Å². The van der Waals surface area contributed by atoms with Crippen molar-refractivity contribution in [3.8, 4) is 96.8 Å². The highest BCUT2D eigenvalue weighted by Crippen LogP contribution is 2.43. The molecule has 9 aromatic carbocycles. The van der Waals surface area contributed by atoms with E-state index in [1.54, 1.807) is 167 Å². The summed E-state index contributed by atoms with van der Waals surface area (Å²) < 4.78 is 61.0. The second-order valence-electron chi connectivity index (χ2n) is 23.2. The van der Waals surface area contributed by atoms with Gasteiger partial charge in [-0.1, -0.05) is 151 Å². The van der Waals surface area contributed by atoms with E-state index in [-0.39, 0.29) is 47.6 Å². The molecule has 0 saturated heterocycles. The van der Waals surface area contributed by atoms with E-state index in [0.717, 1.165) is 46.4 Å². The van der Waals surface area contributed by atoms with Crippen LogP contribution in [-0.2, 0) is 0 Å². The SMILES string of the molecule is COc1ccc(-n2c(-c3ccccc3)cc3oc(=O)c(Sc4cccc(F)c4)c(O)c3c2=O)cc1.COc1ccc(-n2c(-c3ccccc3)cc3oc(=O)c(Sc4cccc(OC)c4)c(O)c3c2=O)cc1.COc1ccc(-n2c(-c3ccccc3)cc3oc(=O)c(Sc4ccccc4OC)c(O)c3c2=O)cc1. The van der Waals surface area contributed by atoms with Gasteiger partial charge in [-0.15, -0.1) is 0 Å². The molecule has 0 saturated carbocycles. The Bertz CT molecular complexity index is 6210. The van der Waals surface area contributed by atoms with Crippen LogP contribution in [0.2, 0.25) is 0 Å². The van der Waals surface area contributed by atoms with Gasteiger partial charge in [0.05, 0.1) is 57.5 Å². The molecule has 3 N–H and O–H groups in total. The fourth-order valence-corrected chi connectivity index (χ4v) is 14.4. The fraction of sp³-hybridized carbons (Fsp3) is 0.0602. The number of halogens is 1. The van der Waals surface area contributed by atoms with Crippen LogP contribution >= 0.6 is 35.3 Å². The molecule has 0 aliphatic carbocycles. The summed E-state index contributed by atoms with van der Waals surface area (Å²) in [6.07, 6.45) is 0. The van der Waals surface area contributed by atoms with Crippen molar-refractivity contribution in [2.24, 2.45) is 0 Å². The molecule has 0 bridgehead atoms. The van der Waals surface area contributed by atoms with Gasteiger partial charge in [-0.25, -0.2) is 18.8 Å². The van der Waals surface area contributed by atoms with Gasteiger partial charge in [-0.05, 0) is 138 Å². The Balaban J connectivity index is 0.000000142. The Morgan fingerprint density at radius 3 is 1.00 bits per heavy atom. The van der Waals surface area contributed by atoms with Gasteiger partial charge in [-0.3, -0.25) is 28.1 Å². The standard InChI is InChI=1S/2C28H21NO6S.C27H18FNO5S/c1-33-19-14-12-18(13-15-19)29-20(17-8-4-3-5-9-17)16-22-24(27(29)31)25(30)26(28(32)35-22)36-23-11-7-6-10-21(23)34-2;1-33-19-13-11-18(12-14-19)29-22(17-7-4-3-5-8-17)16-23-24(27(29)31)25(30)26(28(32)35-23)36-21-10-6-9-20(15-21)34-2;1-33-19-12-10-18(11-13-19)29-21(16-6-3-2-4-7-16)15-22-23(26(29)31)24(30)25(27(32)34-22)35-20-9-5-8-17(28)14-20/h2*3-16,30H,1-2H3;2-15,30H,1H3. The number of rotatable bonds is 17. The predicted octanol–water partition coefficient (Wildman–Crippen LogP) is 16.6. The van der Waals surface area contributed by atoms with Crippen molar-refractivity contribution >= 4 is 68.2 Å². The van der Waals surface area contributed by atoms with Crippen molar-refractivity contribution in [3.63, 3.8) is 0 Å². The van der Waals surface area contributed by atoms with Crippen molar-refractivity contribution in [1.29, 1.82) is 0 Å². The Morgan fingerprint density at radius 1 is 0.327 bits per heavy atom. The Labute approximate surface area is 619 Å². The third kappa shape index (κ3) is 15.0. The van der Waals surface area contributed by atoms with E-state index in [1.807, 2.05) is 91.0 Å². The largest absolute Gasteiger partial charge is 0.505 e. The average Bonchev–Trinajstić information content (AvgIpc) is 0.755. The first-order chi connectivity index (χ1) is 52.0. The molecule has 0 radical (unpaired) electrons. The van der Waals surface area contributed by atoms with E-state index < -0.39 is 56.6 Å². The minimum Gasteiger partial charge on any atom is -0.505 e. The summed E-state index contributed by atoms with van der Waals surface area (Å²) in [5.74, 6) is 1.14. The highest BCUT2D eigenvalue weighted by atomic mass is 32.2. The summed E-state index contributed by atoms with van der Waals surface area (Å²) in [6, 6.07) is 73.0. The number of methoxy groups -OCH3 is 5. The van der Waals surface area contributed by atoms with Crippen molar-refractivity contribution in [3.05, 3.63) is 323 Å². The minimum absolute atomic E-state index is 0.00102. The zero-order chi connectivity index (χ0) is 75.0. The maximum absolute atomic E-state index is 13.9. The van der Waals surface area contributed by atoms with Crippen LogP contribution in [0, 0.1) is 5.82 Å². The first-order valence-corrected chi connectivity index (χ1v) is 35.0. The van der Waals surface area contributed by atoms with Crippen LogP contribution < -0.4 is 57.2 Å². The quantitative estimate of drug-likeness (QED) is 0.0765. The number of fused-ring (bicyclic) bond motifs is 3. The molecule has 0 aliphatic heterocycles. The van der Waals surface area contributed by atoms with Crippen LogP contribution in [0.4, 0.5) is 4.39 Å². The number of ether oxygens (including phenoxy) is 5. The molecule has 0 fully saturated rings. The molecule has 0 amide bonds. The Morgan fingerprint density at radius 2 is 0.654 bits per heavy atom. The molecule has 0 spiro atoms. The number of aromatic hydroxyl groups is 3. The molecule has 534 valence electrons. The molecule has 6 heterocycles. The van der Waals surface area contributed by atoms with Crippen LogP contribution in [0.3, 0.4) is 0 Å². The second kappa shape index (κ2) is 31.8. The molecule has 20 nitrogen and oxygen atoms in total. The molecule has 0 atom stereocenters. The molecule has 0 aliphatic rings. The van der Waals surface area contributed by atoms with E-state index in [4.69, 9.17) is 36.9 Å². The predicted molar refractivity (Wildman–Crippen MR) is 410 cm³/mol. The number of pyridine rings is 3. The van der Waals surface area contributed by atoms with E-state index in [9.17, 15) is 48.5 Å². The number of aromatic nitrogens is 3. The van der Waals surface area contributed by atoms with Gasteiger partial charge in [0.1, 0.15) is 82.2 Å². The number of hydrogen-bond acceptors (Lipinski definition) is 20. The maximum atomic E-state index is 13.9. The van der Waals surface area contributed by atoms with E-state index in [2.05, 4.69) is 0 Å². The molecule has 15 aromatic rings. The molecule has 6 aromatic heterocycles. The van der Waals surface area contributed by atoms with Gasteiger partial charge in [0.2, 0.25) is 0 Å². The summed E-state index contributed by atoms with van der Waals surface area (Å²) in [6.45, 7) is 0. The molecule has 0 unspecified atom stereocenters. The van der Waals surface area contributed by atoms with Crippen LogP contribution in [0.25, 0.3) is 83.7 Å². The van der Waals surface area contributed by atoms with Crippen LogP contribution in [0.5, 0.6) is 46.0 Å². The monoisotopic (exact) mass is 1490 g/mol. The van der Waals surface area contributed by atoms with Crippen LogP contribution in [-0.4, -0.2) is 64.6 Å². The van der Waals surface area contributed by atoms with Crippen molar-refractivity contribution in [1.82, 2.24) is 13.7 Å².